The van der Waals surface area contributed by atoms with Gasteiger partial charge in [-0.2, -0.15) is 0 Å². The van der Waals surface area contributed by atoms with Gasteiger partial charge in [-0.25, -0.2) is 0 Å². The Morgan fingerprint density at radius 2 is 1.81 bits per heavy atom. The number of anilines is 1. The number of benzene rings is 1. The fourth-order valence-corrected chi connectivity index (χ4v) is 5.91. The van der Waals surface area contributed by atoms with E-state index in [1.54, 1.807) is 0 Å². The van der Waals surface area contributed by atoms with E-state index in [4.69, 9.17) is 4.74 Å². The number of aliphatic hydroxyl groups is 1. The number of hydrogen-bond acceptors (Lipinski definition) is 7. The Balaban J connectivity index is 1.21. The number of ether oxygens (including phenoxy) is 1. The molecule has 1 aromatic rings. The molecule has 0 unspecified atom stereocenters. The van der Waals surface area contributed by atoms with E-state index in [-0.39, 0.29) is 36.7 Å². The van der Waals surface area contributed by atoms with Gasteiger partial charge in [-0.05, 0) is 49.4 Å². The van der Waals surface area contributed by atoms with Crippen molar-refractivity contribution in [3.8, 4) is 0 Å². The molecule has 3 saturated heterocycles. The molecule has 0 bridgehead atoms. The number of aliphatic hydroxyl groups excluding tert-OH is 1. The largest absolute Gasteiger partial charge is 0.388 e. The number of ketones is 1. The predicted molar refractivity (Wildman–Crippen MR) is 135 cm³/mol. The van der Waals surface area contributed by atoms with Crippen molar-refractivity contribution in [3.63, 3.8) is 0 Å². The van der Waals surface area contributed by atoms with Crippen molar-refractivity contribution >= 4 is 23.3 Å². The van der Waals surface area contributed by atoms with E-state index in [2.05, 4.69) is 15.1 Å². The van der Waals surface area contributed by atoms with Gasteiger partial charge in [-0.3, -0.25) is 19.3 Å². The summed E-state index contributed by atoms with van der Waals surface area (Å²) in [7, 11) is 0. The highest BCUT2D eigenvalue weighted by Gasteiger charge is 2.52. The van der Waals surface area contributed by atoms with Crippen LogP contribution in [0.15, 0.2) is 24.3 Å². The first kappa shape index (κ1) is 25.2. The molecule has 1 aromatic carbocycles. The van der Waals surface area contributed by atoms with Crippen LogP contribution in [0.25, 0.3) is 0 Å². The zero-order chi connectivity index (χ0) is 25.4. The standard InChI is InChI=1S/C27H38N4O5/c1-17(2)14-21(27(35)31-15-22(32)25-24(31)23(33)16-36-25)28-26(34)18-6-8-20(9-7-18)30-12-10-29(11-13-30)19-4-3-5-19/h6-9,17,19,21-22,24-25,32H,3-5,10-16H2,1-2H3,(H,28,34)/t21-,22+,24+,25+/m0/s1. The van der Waals surface area contributed by atoms with Crippen LogP contribution in [0.2, 0.25) is 0 Å². The van der Waals surface area contributed by atoms with E-state index in [1.807, 2.05) is 38.1 Å². The molecule has 4 fully saturated rings. The van der Waals surface area contributed by atoms with E-state index in [0.29, 0.717) is 12.0 Å². The number of nitrogens with one attached hydrogen (secondary N) is 1. The molecule has 1 saturated carbocycles. The van der Waals surface area contributed by atoms with Gasteiger partial charge in [0.15, 0.2) is 5.78 Å². The Hall–Kier alpha value is -2.49. The molecule has 0 spiro atoms. The van der Waals surface area contributed by atoms with Crippen LogP contribution in [0.3, 0.4) is 0 Å². The summed E-state index contributed by atoms with van der Waals surface area (Å²) >= 11 is 0. The van der Waals surface area contributed by atoms with Crippen molar-refractivity contribution < 1.29 is 24.2 Å². The molecule has 196 valence electrons. The second kappa shape index (κ2) is 10.5. The predicted octanol–water partition coefficient (Wildman–Crippen LogP) is 1.05. The van der Waals surface area contributed by atoms with Crippen LogP contribution >= 0.6 is 0 Å². The molecular weight excluding hydrogens is 460 g/mol. The summed E-state index contributed by atoms with van der Waals surface area (Å²) < 4.78 is 5.39. The Bertz CT molecular complexity index is 971. The Labute approximate surface area is 212 Å². The maximum Gasteiger partial charge on any atom is 0.251 e. The Morgan fingerprint density at radius 3 is 2.42 bits per heavy atom. The first-order valence-corrected chi connectivity index (χ1v) is 13.3. The van der Waals surface area contributed by atoms with Crippen LogP contribution in [0.4, 0.5) is 5.69 Å². The van der Waals surface area contributed by atoms with Gasteiger partial charge >= 0.3 is 0 Å². The van der Waals surface area contributed by atoms with Crippen LogP contribution in [0, 0.1) is 5.92 Å². The molecule has 5 rings (SSSR count). The second-order valence-electron chi connectivity index (χ2n) is 11.1. The summed E-state index contributed by atoms with van der Waals surface area (Å²) in [6, 6.07) is 6.79. The third-order valence-corrected chi connectivity index (χ3v) is 8.15. The highest BCUT2D eigenvalue weighted by atomic mass is 16.5. The van der Waals surface area contributed by atoms with Crippen molar-refractivity contribution in [2.75, 3.05) is 44.2 Å². The first-order chi connectivity index (χ1) is 17.3. The van der Waals surface area contributed by atoms with Gasteiger partial charge in [-0.15, -0.1) is 0 Å². The molecule has 3 heterocycles. The molecule has 4 atom stereocenters. The van der Waals surface area contributed by atoms with E-state index in [1.165, 1.54) is 24.2 Å². The quantitative estimate of drug-likeness (QED) is 0.579. The third kappa shape index (κ3) is 5.01. The average molecular weight is 499 g/mol. The number of amides is 2. The van der Waals surface area contributed by atoms with Crippen molar-refractivity contribution in [1.29, 1.82) is 0 Å². The van der Waals surface area contributed by atoms with Crippen molar-refractivity contribution in [3.05, 3.63) is 29.8 Å². The van der Waals surface area contributed by atoms with E-state index >= 15 is 0 Å². The van der Waals surface area contributed by atoms with Crippen LogP contribution in [0.5, 0.6) is 0 Å². The molecule has 36 heavy (non-hydrogen) atoms. The maximum absolute atomic E-state index is 13.4. The van der Waals surface area contributed by atoms with Gasteiger partial charge in [-0.1, -0.05) is 20.3 Å². The van der Waals surface area contributed by atoms with Crippen LogP contribution in [0.1, 0.15) is 49.9 Å². The highest BCUT2D eigenvalue weighted by Crippen LogP contribution is 2.29. The smallest absolute Gasteiger partial charge is 0.251 e. The molecule has 2 amide bonds. The Kier molecular flexibility index (Phi) is 7.32. The number of fused-ring (bicyclic) bond motifs is 1. The molecule has 3 aliphatic heterocycles. The number of hydrogen-bond donors (Lipinski definition) is 2. The number of Topliss-reactive ketones (excluding diaryl/α,β-unsaturated/α-hetero) is 1. The summed E-state index contributed by atoms with van der Waals surface area (Å²) in [5.41, 5.74) is 1.60. The number of nitrogens with zero attached hydrogens (tertiary/aromatic N) is 3. The van der Waals surface area contributed by atoms with E-state index < -0.39 is 24.3 Å². The number of rotatable bonds is 7. The van der Waals surface area contributed by atoms with Crippen molar-refractivity contribution in [2.24, 2.45) is 5.92 Å². The van der Waals surface area contributed by atoms with Gasteiger partial charge in [0, 0.05) is 43.5 Å². The summed E-state index contributed by atoms with van der Waals surface area (Å²) in [6.45, 7) is 8.03. The van der Waals surface area contributed by atoms with Gasteiger partial charge in [0.25, 0.3) is 5.91 Å². The van der Waals surface area contributed by atoms with Gasteiger partial charge in [0.2, 0.25) is 5.91 Å². The zero-order valence-electron chi connectivity index (χ0n) is 21.3. The summed E-state index contributed by atoms with van der Waals surface area (Å²) in [5.74, 6) is -0.716. The van der Waals surface area contributed by atoms with E-state index in [9.17, 15) is 19.5 Å². The van der Waals surface area contributed by atoms with Crippen LogP contribution in [-0.4, -0.2) is 102 Å². The molecular formula is C27H38N4O5. The normalized spacial score (nSPS) is 27.8. The number of piperazine rings is 1. The molecule has 9 nitrogen and oxygen atoms in total. The fourth-order valence-electron chi connectivity index (χ4n) is 5.91. The van der Waals surface area contributed by atoms with Crippen molar-refractivity contribution in [1.82, 2.24) is 15.1 Å². The molecule has 1 aliphatic carbocycles. The van der Waals surface area contributed by atoms with Crippen LogP contribution < -0.4 is 10.2 Å². The fraction of sp³-hybridized carbons (Fsp3) is 0.667. The summed E-state index contributed by atoms with van der Waals surface area (Å²) in [6.07, 6.45) is 2.86. The lowest BCUT2D eigenvalue weighted by Gasteiger charge is -2.43. The van der Waals surface area contributed by atoms with Gasteiger partial charge < -0.3 is 25.0 Å². The lowest BCUT2D eigenvalue weighted by atomic mass is 9.91. The topological polar surface area (TPSA) is 102 Å². The lowest BCUT2D eigenvalue weighted by molar-refractivity contribution is -0.138. The molecule has 4 aliphatic rings. The number of carbonyl (C=O) groups is 3. The minimum atomic E-state index is -0.899. The molecule has 2 N–H and O–H groups in total. The number of likely N-dealkylation sites (tertiary alicyclic amines) is 1. The monoisotopic (exact) mass is 498 g/mol. The molecule has 9 heteroatoms. The summed E-state index contributed by atoms with van der Waals surface area (Å²) in [4.78, 5) is 45.2. The van der Waals surface area contributed by atoms with Crippen molar-refractivity contribution in [2.45, 2.75) is 69.9 Å². The van der Waals surface area contributed by atoms with E-state index in [0.717, 1.165) is 37.9 Å². The first-order valence-electron chi connectivity index (χ1n) is 13.3. The average Bonchev–Trinajstić information content (AvgIpc) is 3.38. The number of carbonyl (C=O) groups excluding carboxylic acids is 3. The second-order valence-corrected chi connectivity index (χ2v) is 11.1. The van der Waals surface area contributed by atoms with Gasteiger partial charge in [0.05, 0.1) is 6.54 Å². The maximum atomic E-state index is 13.4. The van der Waals surface area contributed by atoms with Crippen LogP contribution in [-0.2, 0) is 14.3 Å². The minimum Gasteiger partial charge on any atom is -0.388 e. The third-order valence-electron chi connectivity index (χ3n) is 8.15. The zero-order valence-corrected chi connectivity index (χ0v) is 21.3. The SMILES string of the molecule is CC(C)C[C@H](NC(=O)c1ccc(N2CCN(C3CCC3)CC2)cc1)C(=O)N1C[C@@H](O)[C@H]2OCC(=O)[C@H]21. The summed E-state index contributed by atoms with van der Waals surface area (Å²) in [5, 5.41) is 13.2. The minimum absolute atomic E-state index is 0.0348. The molecule has 0 aromatic heterocycles. The van der Waals surface area contributed by atoms with Gasteiger partial charge in [0.1, 0.15) is 30.9 Å². The highest BCUT2D eigenvalue weighted by molar-refractivity contribution is 5.99. The Morgan fingerprint density at radius 1 is 1.11 bits per heavy atom. The lowest BCUT2D eigenvalue weighted by Crippen LogP contribution is -2.52. The number of β-amino-alcohol motifs (C(OH)–C–C–N with tert-alkyl or cyclic N) is 1. The molecule has 0 radical (unpaired) electrons.